The van der Waals surface area contributed by atoms with Gasteiger partial charge in [0.25, 0.3) is 0 Å². The number of rotatable bonds is 5. The summed E-state index contributed by atoms with van der Waals surface area (Å²) in [5.74, 6) is 1.08. The van der Waals surface area contributed by atoms with Crippen molar-refractivity contribution in [1.29, 1.82) is 5.26 Å². The number of hydrogen-bond acceptors (Lipinski definition) is 4. The van der Waals surface area contributed by atoms with Crippen molar-refractivity contribution in [2.24, 2.45) is 11.7 Å². The van der Waals surface area contributed by atoms with Crippen LogP contribution in [0, 0.1) is 17.2 Å². The van der Waals surface area contributed by atoms with Gasteiger partial charge in [0.05, 0.1) is 25.4 Å². The summed E-state index contributed by atoms with van der Waals surface area (Å²) in [6.45, 7) is 1.22. The Labute approximate surface area is 120 Å². The summed E-state index contributed by atoms with van der Waals surface area (Å²) in [4.78, 5) is 0. The average molecular weight is 274 g/mol. The maximum absolute atomic E-state index is 9.08. The molecule has 0 radical (unpaired) electrons. The van der Waals surface area contributed by atoms with Gasteiger partial charge in [-0.3, -0.25) is 0 Å². The van der Waals surface area contributed by atoms with E-state index in [-0.39, 0.29) is 6.10 Å². The summed E-state index contributed by atoms with van der Waals surface area (Å²) in [6.07, 6.45) is 4.97. The molecular weight excluding hydrogens is 252 g/mol. The Morgan fingerprint density at radius 2 is 2.15 bits per heavy atom. The highest BCUT2D eigenvalue weighted by molar-refractivity contribution is 5.45. The lowest BCUT2D eigenvalue weighted by Crippen LogP contribution is -2.33. The number of ether oxygens (including phenoxy) is 2. The van der Waals surface area contributed by atoms with Gasteiger partial charge in [-0.15, -0.1) is 0 Å². The van der Waals surface area contributed by atoms with Crippen LogP contribution < -0.4 is 10.5 Å². The van der Waals surface area contributed by atoms with Crippen molar-refractivity contribution in [1.82, 2.24) is 0 Å². The Morgan fingerprint density at radius 3 is 2.85 bits per heavy atom. The number of nitrogens with two attached hydrogens (primary N) is 1. The van der Waals surface area contributed by atoms with Gasteiger partial charge in [-0.25, -0.2) is 0 Å². The predicted octanol–water partition coefficient (Wildman–Crippen LogP) is 2.60. The average Bonchev–Trinajstić information content (AvgIpc) is 2.52. The van der Waals surface area contributed by atoms with E-state index in [2.05, 4.69) is 6.07 Å². The molecule has 2 N–H and O–H groups in total. The summed E-state index contributed by atoms with van der Waals surface area (Å²) in [7, 11) is 1.57. The van der Waals surface area contributed by atoms with Crippen molar-refractivity contribution in [2.45, 2.75) is 38.4 Å². The fourth-order valence-electron chi connectivity index (χ4n) is 2.80. The van der Waals surface area contributed by atoms with Crippen molar-refractivity contribution in [3.8, 4) is 11.8 Å². The number of methoxy groups -OCH3 is 1. The van der Waals surface area contributed by atoms with Gasteiger partial charge in [-0.2, -0.15) is 5.26 Å². The molecule has 0 heterocycles. The molecule has 0 spiro atoms. The van der Waals surface area contributed by atoms with E-state index in [0.29, 0.717) is 30.4 Å². The van der Waals surface area contributed by atoms with Crippen molar-refractivity contribution >= 4 is 0 Å². The topological polar surface area (TPSA) is 68.3 Å². The van der Waals surface area contributed by atoms with E-state index in [1.54, 1.807) is 7.11 Å². The zero-order valence-electron chi connectivity index (χ0n) is 12.0. The maximum atomic E-state index is 9.08. The quantitative estimate of drug-likeness (QED) is 0.896. The van der Waals surface area contributed by atoms with E-state index >= 15 is 0 Å². The predicted molar refractivity (Wildman–Crippen MR) is 77.3 cm³/mol. The van der Waals surface area contributed by atoms with Crippen LogP contribution in [-0.4, -0.2) is 19.8 Å². The molecule has 1 saturated carbocycles. The van der Waals surface area contributed by atoms with Crippen LogP contribution in [0.3, 0.4) is 0 Å². The van der Waals surface area contributed by atoms with Crippen molar-refractivity contribution < 1.29 is 9.47 Å². The van der Waals surface area contributed by atoms with E-state index in [1.165, 1.54) is 12.8 Å². The molecule has 2 atom stereocenters. The first-order valence-corrected chi connectivity index (χ1v) is 7.17. The SMILES string of the molecule is COc1ccc(COC2CCCCC2CN)cc1C#N. The lowest BCUT2D eigenvalue weighted by Gasteiger charge is -2.30. The second-order valence-electron chi connectivity index (χ2n) is 5.28. The molecule has 1 aromatic rings. The molecule has 1 aliphatic carbocycles. The maximum Gasteiger partial charge on any atom is 0.136 e. The van der Waals surface area contributed by atoms with Crippen LogP contribution in [0.4, 0.5) is 0 Å². The normalized spacial score (nSPS) is 22.2. The Hall–Kier alpha value is -1.57. The van der Waals surface area contributed by atoms with Gasteiger partial charge in [-0.05, 0) is 43.0 Å². The molecule has 1 fully saturated rings. The number of nitriles is 1. The minimum atomic E-state index is 0.251. The third-order valence-electron chi connectivity index (χ3n) is 3.99. The monoisotopic (exact) mass is 274 g/mol. The molecule has 0 aromatic heterocycles. The van der Waals surface area contributed by atoms with Crippen LogP contribution in [0.15, 0.2) is 18.2 Å². The molecule has 0 saturated heterocycles. The lowest BCUT2D eigenvalue weighted by molar-refractivity contribution is -0.0183. The molecule has 4 heteroatoms. The molecular formula is C16H22N2O2. The van der Waals surface area contributed by atoms with Crippen LogP contribution in [-0.2, 0) is 11.3 Å². The van der Waals surface area contributed by atoms with E-state index in [9.17, 15) is 0 Å². The van der Waals surface area contributed by atoms with Crippen molar-refractivity contribution in [3.63, 3.8) is 0 Å². The summed E-state index contributed by atoms with van der Waals surface area (Å²) >= 11 is 0. The summed E-state index contributed by atoms with van der Waals surface area (Å²) < 4.78 is 11.2. The fraction of sp³-hybridized carbons (Fsp3) is 0.562. The highest BCUT2D eigenvalue weighted by atomic mass is 16.5. The van der Waals surface area contributed by atoms with Crippen LogP contribution in [0.5, 0.6) is 5.75 Å². The van der Waals surface area contributed by atoms with Crippen LogP contribution in [0.1, 0.15) is 36.8 Å². The van der Waals surface area contributed by atoms with E-state index in [1.807, 2.05) is 18.2 Å². The Morgan fingerprint density at radius 1 is 1.35 bits per heavy atom. The first-order chi connectivity index (χ1) is 9.78. The highest BCUT2D eigenvalue weighted by Gasteiger charge is 2.24. The van der Waals surface area contributed by atoms with Gasteiger partial charge in [0, 0.05) is 0 Å². The minimum absolute atomic E-state index is 0.251. The van der Waals surface area contributed by atoms with Gasteiger partial charge in [0.1, 0.15) is 11.8 Å². The van der Waals surface area contributed by atoms with Gasteiger partial charge in [-0.1, -0.05) is 18.9 Å². The molecule has 108 valence electrons. The molecule has 20 heavy (non-hydrogen) atoms. The molecule has 2 rings (SSSR count). The molecule has 1 aliphatic rings. The summed E-state index contributed by atoms with van der Waals surface area (Å²) in [6, 6.07) is 7.74. The molecule has 1 aromatic carbocycles. The molecule has 0 amide bonds. The third kappa shape index (κ3) is 3.50. The van der Waals surface area contributed by atoms with Crippen LogP contribution in [0.2, 0.25) is 0 Å². The van der Waals surface area contributed by atoms with Gasteiger partial charge >= 0.3 is 0 Å². The first kappa shape index (κ1) is 14.8. The van der Waals surface area contributed by atoms with Crippen molar-refractivity contribution in [2.75, 3.05) is 13.7 Å². The Bertz CT molecular complexity index is 482. The summed E-state index contributed by atoms with van der Waals surface area (Å²) in [5, 5.41) is 9.08. The van der Waals surface area contributed by atoms with Crippen molar-refractivity contribution in [3.05, 3.63) is 29.3 Å². The molecule has 0 bridgehead atoms. The van der Waals surface area contributed by atoms with Crippen LogP contribution in [0.25, 0.3) is 0 Å². The zero-order chi connectivity index (χ0) is 14.4. The minimum Gasteiger partial charge on any atom is -0.495 e. The molecule has 2 unspecified atom stereocenters. The first-order valence-electron chi connectivity index (χ1n) is 7.17. The number of nitrogens with zero attached hydrogens (tertiary/aromatic N) is 1. The van der Waals surface area contributed by atoms with Gasteiger partial charge in [0.15, 0.2) is 0 Å². The Balaban J connectivity index is 1.98. The second kappa shape index (κ2) is 7.28. The second-order valence-corrected chi connectivity index (χ2v) is 5.28. The number of benzene rings is 1. The van der Waals surface area contributed by atoms with E-state index < -0.39 is 0 Å². The molecule has 4 nitrogen and oxygen atoms in total. The fourth-order valence-corrected chi connectivity index (χ4v) is 2.80. The van der Waals surface area contributed by atoms with Gasteiger partial charge in [0.2, 0.25) is 0 Å². The van der Waals surface area contributed by atoms with E-state index in [4.69, 9.17) is 20.5 Å². The third-order valence-corrected chi connectivity index (χ3v) is 3.99. The largest absolute Gasteiger partial charge is 0.495 e. The number of hydrogen-bond donors (Lipinski definition) is 1. The van der Waals surface area contributed by atoms with Gasteiger partial charge < -0.3 is 15.2 Å². The highest BCUT2D eigenvalue weighted by Crippen LogP contribution is 2.27. The smallest absolute Gasteiger partial charge is 0.136 e. The standard InChI is InChI=1S/C16H22N2O2/c1-19-15-7-6-12(8-14(15)10-18)11-20-16-5-3-2-4-13(16)9-17/h6-8,13,16H,2-5,9,11,17H2,1H3. The lowest BCUT2D eigenvalue weighted by atomic mass is 9.86. The van der Waals surface area contributed by atoms with Crippen LogP contribution >= 0.6 is 0 Å². The molecule has 0 aliphatic heterocycles. The van der Waals surface area contributed by atoms with E-state index in [0.717, 1.165) is 18.4 Å². The summed E-state index contributed by atoms with van der Waals surface area (Å²) in [5.41, 5.74) is 7.36. The Kier molecular flexibility index (Phi) is 5.40. The zero-order valence-corrected chi connectivity index (χ0v) is 12.0.